The topological polar surface area (TPSA) is 29.9 Å². The highest BCUT2D eigenvalue weighted by Gasteiger charge is 2.26. The van der Waals surface area contributed by atoms with Gasteiger partial charge in [0.15, 0.2) is 0 Å². The predicted molar refractivity (Wildman–Crippen MR) is 71.1 cm³/mol. The lowest BCUT2D eigenvalue weighted by molar-refractivity contribution is 0.331. The van der Waals surface area contributed by atoms with Crippen molar-refractivity contribution in [2.75, 3.05) is 6.54 Å². The molecule has 0 atom stereocenters. The van der Waals surface area contributed by atoms with Crippen LogP contribution in [0.4, 0.5) is 0 Å². The van der Waals surface area contributed by atoms with Gasteiger partial charge < -0.3 is 5.32 Å². The molecule has 3 heteroatoms. The molecular weight excluding hydrogens is 210 g/mol. The van der Waals surface area contributed by atoms with Crippen LogP contribution in [0, 0.1) is 5.41 Å². The first-order valence-electron chi connectivity index (χ1n) is 6.74. The van der Waals surface area contributed by atoms with E-state index in [9.17, 15) is 0 Å². The second-order valence-electron chi connectivity index (χ2n) is 6.38. The van der Waals surface area contributed by atoms with Gasteiger partial charge in [-0.3, -0.25) is 4.68 Å². The van der Waals surface area contributed by atoms with E-state index < -0.39 is 0 Å². The summed E-state index contributed by atoms with van der Waals surface area (Å²) in [5.74, 6) is 0. The van der Waals surface area contributed by atoms with E-state index in [1.165, 1.54) is 18.5 Å². The quantitative estimate of drug-likeness (QED) is 0.821. The molecule has 0 aliphatic heterocycles. The molecule has 0 aromatic carbocycles. The fraction of sp³-hybridized carbons (Fsp3) is 0.786. The van der Waals surface area contributed by atoms with Gasteiger partial charge in [0.05, 0.1) is 5.69 Å². The first-order valence-corrected chi connectivity index (χ1v) is 6.74. The van der Waals surface area contributed by atoms with Gasteiger partial charge in [0.25, 0.3) is 0 Å². The minimum absolute atomic E-state index is 0.290. The minimum Gasteiger partial charge on any atom is -0.313 e. The van der Waals surface area contributed by atoms with E-state index in [1.807, 2.05) is 4.68 Å². The van der Waals surface area contributed by atoms with Gasteiger partial charge in [-0.1, -0.05) is 13.8 Å². The Morgan fingerprint density at radius 2 is 2.18 bits per heavy atom. The van der Waals surface area contributed by atoms with Crippen molar-refractivity contribution < 1.29 is 0 Å². The van der Waals surface area contributed by atoms with Gasteiger partial charge in [-0.05, 0) is 44.6 Å². The van der Waals surface area contributed by atoms with Gasteiger partial charge in [0.1, 0.15) is 0 Å². The first kappa shape index (κ1) is 12.6. The molecule has 1 aromatic heterocycles. The third-order valence-corrected chi connectivity index (χ3v) is 3.30. The van der Waals surface area contributed by atoms with Crippen molar-refractivity contribution in [2.45, 2.75) is 59.0 Å². The van der Waals surface area contributed by atoms with Gasteiger partial charge in [0, 0.05) is 24.8 Å². The highest BCUT2D eigenvalue weighted by molar-refractivity contribution is 5.03. The van der Waals surface area contributed by atoms with Crippen molar-refractivity contribution in [1.29, 1.82) is 0 Å². The standard InChI is InChI=1S/C14H25N3/c1-11(2)17-8-7-13(16-17)9-14(3,4)10-15-12-5-6-12/h7-8,11-12,15H,5-6,9-10H2,1-4H3. The molecule has 1 aromatic rings. The Kier molecular flexibility index (Phi) is 3.57. The summed E-state index contributed by atoms with van der Waals surface area (Å²) in [4.78, 5) is 0. The van der Waals surface area contributed by atoms with Crippen molar-refractivity contribution in [3.05, 3.63) is 18.0 Å². The van der Waals surface area contributed by atoms with E-state index in [0.717, 1.165) is 19.0 Å². The molecular formula is C14H25N3. The van der Waals surface area contributed by atoms with Gasteiger partial charge in [-0.2, -0.15) is 5.10 Å². The maximum atomic E-state index is 4.63. The Morgan fingerprint density at radius 3 is 2.71 bits per heavy atom. The van der Waals surface area contributed by atoms with Crippen LogP contribution < -0.4 is 5.32 Å². The van der Waals surface area contributed by atoms with Crippen LogP contribution in [0.5, 0.6) is 0 Å². The molecule has 0 spiro atoms. The largest absolute Gasteiger partial charge is 0.313 e. The molecule has 0 amide bonds. The van der Waals surface area contributed by atoms with Crippen LogP contribution in [0.15, 0.2) is 12.3 Å². The SMILES string of the molecule is CC(C)n1ccc(CC(C)(C)CNC2CC2)n1. The minimum atomic E-state index is 0.290. The fourth-order valence-electron chi connectivity index (χ4n) is 2.02. The van der Waals surface area contributed by atoms with E-state index in [4.69, 9.17) is 0 Å². The molecule has 0 saturated heterocycles. The second-order valence-corrected chi connectivity index (χ2v) is 6.38. The molecule has 1 fully saturated rings. The van der Waals surface area contributed by atoms with Crippen molar-refractivity contribution in [2.24, 2.45) is 5.41 Å². The molecule has 17 heavy (non-hydrogen) atoms. The maximum absolute atomic E-state index is 4.63. The molecule has 3 nitrogen and oxygen atoms in total. The average Bonchev–Trinajstić information content (AvgIpc) is 2.95. The number of rotatable bonds is 6. The zero-order chi connectivity index (χ0) is 12.5. The zero-order valence-electron chi connectivity index (χ0n) is 11.5. The number of hydrogen-bond donors (Lipinski definition) is 1. The third-order valence-electron chi connectivity index (χ3n) is 3.30. The van der Waals surface area contributed by atoms with Crippen LogP contribution in [0.1, 0.15) is 52.3 Å². The van der Waals surface area contributed by atoms with Crippen molar-refractivity contribution in [1.82, 2.24) is 15.1 Å². The Bertz CT molecular complexity index is 361. The van der Waals surface area contributed by atoms with Gasteiger partial charge in [-0.25, -0.2) is 0 Å². The summed E-state index contributed by atoms with van der Waals surface area (Å²) < 4.78 is 2.04. The summed E-state index contributed by atoms with van der Waals surface area (Å²) in [7, 11) is 0. The third kappa shape index (κ3) is 3.84. The smallest absolute Gasteiger partial charge is 0.0630 e. The van der Waals surface area contributed by atoms with Crippen molar-refractivity contribution >= 4 is 0 Å². The average molecular weight is 235 g/mol. The molecule has 1 aliphatic carbocycles. The molecule has 96 valence electrons. The summed E-state index contributed by atoms with van der Waals surface area (Å²) in [5.41, 5.74) is 1.50. The van der Waals surface area contributed by atoms with E-state index >= 15 is 0 Å². The van der Waals surface area contributed by atoms with E-state index in [-0.39, 0.29) is 0 Å². The first-order chi connectivity index (χ1) is 7.96. The maximum Gasteiger partial charge on any atom is 0.0630 e. The summed E-state index contributed by atoms with van der Waals surface area (Å²) in [6.07, 6.45) is 5.85. The van der Waals surface area contributed by atoms with Crippen LogP contribution >= 0.6 is 0 Å². The van der Waals surface area contributed by atoms with Crippen LogP contribution in [-0.2, 0) is 6.42 Å². The van der Waals surface area contributed by atoms with E-state index in [0.29, 0.717) is 11.5 Å². The van der Waals surface area contributed by atoms with Gasteiger partial charge >= 0.3 is 0 Å². The normalized spacial score (nSPS) is 16.8. The Hall–Kier alpha value is -0.830. The molecule has 1 saturated carbocycles. The predicted octanol–water partition coefficient (Wildman–Crippen LogP) is 2.78. The monoisotopic (exact) mass is 235 g/mol. The zero-order valence-corrected chi connectivity index (χ0v) is 11.5. The molecule has 1 N–H and O–H groups in total. The summed E-state index contributed by atoms with van der Waals surface area (Å²) in [5, 5.41) is 8.24. The fourth-order valence-corrected chi connectivity index (χ4v) is 2.02. The lowest BCUT2D eigenvalue weighted by Gasteiger charge is -2.24. The Labute approximate surface area is 105 Å². The van der Waals surface area contributed by atoms with E-state index in [1.54, 1.807) is 0 Å². The van der Waals surface area contributed by atoms with Crippen LogP contribution in [-0.4, -0.2) is 22.4 Å². The van der Waals surface area contributed by atoms with Gasteiger partial charge in [-0.15, -0.1) is 0 Å². The second kappa shape index (κ2) is 4.81. The molecule has 0 radical (unpaired) electrons. The summed E-state index contributed by atoms with van der Waals surface area (Å²) >= 11 is 0. The van der Waals surface area contributed by atoms with E-state index in [2.05, 4.69) is 50.4 Å². The highest BCUT2D eigenvalue weighted by atomic mass is 15.3. The lowest BCUT2D eigenvalue weighted by Crippen LogP contribution is -2.32. The molecule has 2 rings (SSSR count). The van der Waals surface area contributed by atoms with Crippen molar-refractivity contribution in [3.8, 4) is 0 Å². The molecule has 0 unspecified atom stereocenters. The highest BCUT2D eigenvalue weighted by Crippen LogP contribution is 2.24. The van der Waals surface area contributed by atoms with Crippen molar-refractivity contribution in [3.63, 3.8) is 0 Å². The molecule has 1 aliphatic rings. The Balaban J connectivity index is 1.88. The molecule has 0 bridgehead atoms. The molecule has 1 heterocycles. The van der Waals surface area contributed by atoms with Crippen LogP contribution in [0.2, 0.25) is 0 Å². The Morgan fingerprint density at radius 1 is 1.47 bits per heavy atom. The number of nitrogens with zero attached hydrogens (tertiary/aromatic N) is 2. The van der Waals surface area contributed by atoms with Crippen LogP contribution in [0.25, 0.3) is 0 Å². The lowest BCUT2D eigenvalue weighted by atomic mass is 9.88. The number of aromatic nitrogens is 2. The van der Waals surface area contributed by atoms with Crippen LogP contribution in [0.3, 0.4) is 0 Å². The summed E-state index contributed by atoms with van der Waals surface area (Å²) in [6.45, 7) is 10.0. The number of hydrogen-bond acceptors (Lipinski definition) is 2. The number of nitrogens with one attached hydrogen (secondary N) is 1. The summed E-state index contributed by atoms with van der Waals surface area (Å²) in [6, 6.07) is 3.40. The van der Waals surface area contributed by atoms with Gasteiger partial charge in [0.2, 0.25) is 0 Å².